The van der Waals surface area contributed by atoms with Crippen LogP contribution in [0.4, 0.5) is 0 Å². The van der Waals surface area contributed by atoms with Crippen LogP contribution in [-0.4, -0.2) is 23.8 Å². The number of H-pyrrole nitrogens is 1. The average Bonchev–Trinajstić information content (AvgIpc) is 2.38. The van der Waals surface area contributed by atoms with E-state index in [0.717, 1.165) is 0 Å². The van der Waals surface area contributed by atoms with Crippen molar-refractivity contribution in [2.45, 2.75) is 0 Å². The highest BCUT2D eigenvalue weighted by Gasteiger charge is 2.07. The zero-order valence-electron chi connectivity index (χ0n) is 9.97. The molecule has 0 amide bonds. The van der Waals surface area contributed by atoms with Gasteiger partial charge in [-0.1, -0.05) is 0 Å². The van der Waals surface area contributed by atoms with Gasteiger partial charge in [0.1, 0.15) is 11.5 Å². The second-order valence-corrected chi connectivity index (χ2v) is 3.90. The molecule has 0 saturated heterocycles. The fraction of sp³-hybridized carbons (Fsp3) is 0.167. The van der Waals surface area contributed by atoms with Crippen molar-refractivity contribution < 1.29 is 9.47 Å². The van der Waals surface area contributed by atoms with Crippen molar-refractivity contribution in [3.63, 3.8) is 0 Å². The molecule has 2 rings (SSSR count). The molecule has 0 radical (unpaired) electrons. The number of benzene rings is 1. The van der Waals surface area contributed by atoms with Gasteiger partial charge < -0.3 is 9.47 Å². The van der Waals surface area contributed by atoms with Crippen molar-refractivity contribution in [2.24, 2.45) is 0 Å². The van der Waals surface area contributed by atoms with Crippen LogP contribution in [0.2, 0.25) is 0 Å². The van der Waals surface area contributed by atoms with E-state index in [1.54, 1.807) is 43.2 Å². The quantitative estimate of drug-likeness (QED) is 0.860. The number of aromatic nitrogens is 2. The van der Waals surface area contributed by atoms with Crippen LogP contribution >= 0.6 is 12.2 Å². The Kier molecular flexibility index (Phi) is 3.47. The number of aromatic amines is 1. The summed E-state index contributed by atoms with van der Waals surface area (Å²) in [6, 6.07) is 6.75. The second kappa shape index (κ2) is 5.05. The third-order valence-corrected chi connectivity index (χ3v) is 2.77. The first kappa shape index (κ1) is 12.4. The molecule has 0 unspecified atom stereocenters. The molecule has 0 fully saturated rings. The molecule has 1 aromatic carbocycles. The molecule has 0 aliphatic heterocycles. The lowest BCUT2D eigenvalue weighted by Gasteiger charge is -2.12. The monoisotopic (exact) mass is 264 g/mol. The molecule has 2 aromatic rings. The maximum Gasteiger partial charge on any atom is 0.251 e. The topological polar surface area (TPSA) is 56.2 Å². The van der Waals surface area contributed by atoms with Gasteiger partial charge in [0, 0.05) is 18.3 Å². The summed E-state index contributed by atoms with van der Waals surface area (Å²) >= 11 is 5.12. The van der Waals surface area contributed by atoms with E-state index >= 15 is 0 Å². The number of hydrogen-bond donors (Lipinski definition) is 1. The van der Waals surface area contributed by atoms with Crippen molar-refractivity contribution >= 4 is 12.2 Å². The Labute approximate surface area is 109 Å². The van der Waals surface area contributed by atoms with Gasteiger partial charge in [0.15, 0.2) is 4.77 Å². The van der Waals surface area contributed by atoms with Crippen molar-refractivity contribution in [2.75, 3.05) is 14.2 Å². The average molecular weight is 264 g/mol. The predicted octanol–water partition coefficient (Wildman–Crippen LogP) is 1.91. The molecule has 0 aliphatic carbocycles. The summed E-state index contributed by atoms with van der Waals surface area (Å²) in [5.74, 6) is 1.32. The summed E-state index contributed by atoms with van der Waals surface area (Å²) in [7, 11) is 3.15. The highest BCUT2D eigenvalue weighted by atomic mass is 32.1. The van der Waals surface area contributed by atoms with Gasteiger partial charge >= 0.3 is 0 Å². The van der Waals surface area contributed by atoms with Crippen LogP contribution in [0.1, 0.15) is 0 Å². The van der Waals surface area contributed by atoms with Gasteiger partial charge in [0.2, 0.25) is 0 Å². The molecule has 94 valence electrons. The lowest BCUT2D eigenvalue weighted by Crippen LogP contribution is -2.10. The number of rotatable bonds is 3. The lowest BCUT2D eigenvalue weighted by atomic mass is 10.2. The smallest absolute Gasteiger partial charge is 0.251 e. The Hall–Kier alpha value is -2.08. The molecule has 0 spiro atoms. The van der Waals surface area contributed by atoms with E-state index in [4.69, 9.17) is 21.7 Å². The molecule has 0 aliphatic rings. The van der Waals surface area contributed by atoms with E-state index in [2.05, 4.69) is 4.98 Å². The van der Waals surface area contributed by atoms with E-state index in [0.29, 0.717) is 22.0 Å². The zero-order chi connectivity index (χ0) is 13.1. The molecule has 0 atom stereocenters. The molecule has 1 N–H and O–H groups in total. The van der Waals surface area contributed by atoms with Gasteiger partial charge in [-0.3, -0.25) is 14.3 Å². The number of nitrogens with one attached hydrogen (secondary N) is 1. The maximum absolute atomic E-state index is 11.2. The zero-order valence-corrected chi connectivity index (χ0v) is 10.8. The molecular weight excluding hydrogens is 252 g/mol. The van der Waals surface area contributed by atoms with E-state index in [1.165, 1.54) is 6.07 Å². The molecule has 6 heteroatoms. The highest BCUT2D eigenvalue weighted by molar-refractivity contribution is 7.71. The first-order chi connectivity index (χ1) is 8.65. The summed E-state index contributed by atoms with van der Waals surface area (Å²) in [4.78, 5) is 13.7. The van der Waals surface area contributed by atoms with Crippen LogP contribution in [0, 0.1) is 4.77 Å². The molecule has 5 nitrogen and oxygen atoms in total. The van der Waals surface area contributed by atoms with Gasteiger partial charge in [-0.15, -0.1) is 0 Å². The first-order valence-corrected chi connectivity index (χ1v) is 5.61. The van der Waals surface area contributed by atoms with Gasteiger partial charge in [-0.2, -0.15) is 0 Å². The van der Waals surface area contributed by atoms with Crippen molar-refractivity contribution in [1.29, 1.82) is 0 Å². The summed E-state index contributed by atoms with van der Waals surface area (Å²) in [5.41, 5.74) is 0.469. The number of hydrogen-bond acceptors (Lipinski definition) is 4. The summed E-state index contributed by atoms with van der Waals surface area (Å²) < 4.78 is 12.4. The Balaban J connectivity index is 2.68. The number of nitrogens with zero attached hydrogens (tertiary/aromatic N) is 1. The summed E-state index contributed by atoms with van der Waals surface area (Å²) in [6.45, 7) is 0. The van der Waals surface area contributed by atoms with Gasteiger partial charge in [-0.25, -0.2) is 0 Å². The Morgan fingerprint density at radius 2 is 2.00 bits per heavy atom. The van der Waals surface area contributed by atoms with Crippen molar-refractivity contribution in [3.05, 3.63) is 45.6 Å². The van der Waals surface area contributed by atoms with Gasteiger partial charge in [0.25, 0.3) is 5.56 Å². The fourth-order valence-electron chi connectivity index (χ4n) is 1.59. The van der Waals surface area contributed by atoms with Gasteiger partial charge in [-0.05, 0) is 24.4 Å². The van der Waals surface area contributed by atoms with Crippen LogP contribution in [-0.2, 0) is 0 Å². The van der Waals surface area contributed by atoms with E-state index in [-0.39, 0.29) is 5.56 Å². The van der Waals surface area contributed by atoms with Crippen LogP contribution in [0.15, 0.2) is 35.3 Å². The minimum Gasteiger partial charge on any atom is -0.497 e. The SMILES string of the molecule is COc1ccc(OC)c(-n2ccc(=O)[nH]c2=S)c1. The predicted molar refractivity (Wildman–Crippen MR) is 70.3 cm³/mol. The van der Waals surface area contributed by atoms with Crippen molar-refractivity contribution in [1.82, 2.24) is 9.55 Å². The third-order valence-electron chi connectivity index (χ3n) is 2.47. The maximum atomic E-state index is 11.2. The number of ether oxygens (including phenoxy) is 2. The third kappa shape index (κ3) is 2.28. The van der Waals surface area contributed by atoms with Crippen LogP contribution in [0.25, 0.3) is 5.69 Å². The molecule has 18 heavy (non-hydrogen) atoms. The standard InChI is InChI=1S/C12H12N2O3S/c1-16-8-3-4-10(17-2)9(7-8)14-6-5-11(15)13-12(14)18/h3-7H,1-2H3,(H,13,15,18). The van der Waals surface area contributed by atoms with Crippen molar-refractivity contribution in [3.8, 4) is 17.2 Å². The van der Waals surface area contributed by atoms with Crippen LogP contribution in [0.5, 0.6) is 11.5 Å². The molecule has 0 saturated carbocycles. The summed E-state index contributed by atoms with van der Waals surface area (Å²) in [6.07, 6.45) is 1.60. The highest BCUT2D eigenvalue weighted by Crippen LogP contribution is 2.27. The second-order valence-electron chi connectivity index (χ2n) is 3.52. The van der Waals surface area contributed by atoms with E-state index in [9.17, 15) is 4.79 Å². The van der Waals surface area contributed by atoms with E-state index < -0.39 is 0 Å². The molecule has 1 heterocycles. The first-order valence-electron chi connectivity index (χ1n) is 5.20. The van der Waals surface area contributed by atoms with E-state index in [1.807, 2.05) is 0 Å². The Bertz CT molecular complexity index is 676. The largest absolute Gasteiger partial charge is 0.497 e. The molecule has 0 bridgehead atoms. The van der Waals surface area contributed by atoms with Crippen LogP contribution in [0.3, 0.4) is 0 Å². The minimum absolute atomic E-state index is 0.238. The van der Waals surface area contributed by atoms with Crippen LogP contribution < -0.4 is 15.0 Å². The Morgan fingerprint density at radius 1 is 1.22 bits per heavy atom. The normalized spacial score (nSPS) is 10.1. The fourth-order valence-corrected chi connectivity index (χ4v) is 1.85. The number of methoxy groups -OCH3 is 2. The lowest BCUT2D eigenvalue weighted by molar-refractivity contribution is 0.401. The minimum atomic E-state index is -0.238. The summed E-state index contributed by atoms with van der Waals surface area (Å²) in [5, 5.41) is 0. The van der Waals surface area contributed by atoms with Gasteiger partial charge in [0.05, 0.1) is 19.9 Å². The Morgan fingerprint density at radius 3 is 2.61 bits per heavy atom. The molecule has 1 aromatic heterocycles. The molecular formula is C12H12N2O3S.